The molecule has 0 aliphatic rings. The van der Waals surface area contributed by atoms with Crippen LogP contribution in [0.15, 0.2) is 18.2 Å². The van der Waals surface area contributed by atoms with E-state index in [4.69, 9.17) is 22.2 Å². The van der Waals surface area contributed by atoms with Crippen LogP contribution in [0.2, 0.25) is 5.02 Å². The van der Waals surface area contributed by atoms with Crippen molar-refractivity contribution >= 4 is 11.6 Å². The first-order valence-electron chi connectivity index (χ1n) is 5.84. The second-order valence-electron chi connectivity index (χ2n) is 4.94. The van der Waals surface area contributed by atoms with Crippen LogP contribution in [0.1, 0.15) is 25.8 Å². The van der Waals surface area contributed by atoms with Crippen molar-refractivity contribution in [2.24, 2.45) is 5.84 Å². The van der Waals surface area contributed by atoms with Gasteiger partial charge in [0.25, 0.3) is 0 Å². The summed E-state index contributed by atoms with van der Waals surface area (Å²) in [6, 6.07) is 4.56. The Labute approximate surface area is 112 Å². The number of benzene rings is 1. The van der Waals surface area contributed by atoms with E-state index < -0.39 is 0 Å². The smallest absolute Gasteiger partial charge is 0.127 e. The van der Waals surface area contributed by atoms with Crippen LogP contribution in [0.3, 0.4) is 0 Å². The molecule has 18 heavy (non-hydrogen) atoms. The Morgan fingerprint density at radius 3 is 2.67 bits per heavy atom. The minimum absolute atomic E-state index is 0.102. The van der Waals surface area contributed by atoms with E-state index in [1.807, 2.05) is 13.8 Å². The number of hydrogen-bond donors (Lipinski definition) is 2. The van der Waals surface area contributed by atoms with Crippen LogP contribution in [0.25, 0.3) is 0 Å². The predicted octanol–water partition coefficient (Wildman–Crippen LogP) is 2.67. The third kappa shape index (κ3) is 4.21. The summed E-state index contributed by atoms with van der Waals surface area (Å²) < 4.78 is 19.0. The monoisotopic (exact) mass is 274 g/mol. The maximum absolute atomic E-state index is 13.7. The molecule has 1 atom stereocenters. The number of hydrogen-bond acceptors (Lipinski definition) is 3. The highest BCUT2D eigenvalue weighted by Gasteiger charge is 2.23. The van der Waals surface area contributed by atoms with E-state index in [2.05, 4.69) is 5.43 Å². The first-order valence-corrected chi connectivity index (χ1v) is 6.21. The van der Waals surface area contributed by atoms with Gasteiger partial charge in [-0.3, -0.25) is 11.3 Å². The Bertz CT molecular complexity index is 378. The van der Waals surface area contributed by atoms with Crippen LogP contribution in [0.5, 0.6) is 0 Å². The molecule has 5 heteroatoms. The van der Waals surface area contributed by atoms with Gasteiger partial charge in [0.15, 0.2) is 0 Å². The Balaban J connectivity index is 2.80. The average molecular weight is 275 g/mol. The van der Waals surface area contributed by atoms with Crippen molar-refractivity contribution in [3.8, 4) is 0 Å². The van der Waals surface area contributed by atoms with Crippen molar-refractivity contribution in [3.05, 3.63) is 34.6 Å². The predicted molar refractivity (Wildman–Crippen MR) is 71.9 cm³/mol. The van der Waals surface area contributed by atoms with Crippen LogP contribution < -0.4 is 11.3 Å². The summed E-state index contributed by atoms with van der Waals surface area (Å²) in [7, 11) is 1.64. The number of ether oxygens (including phenoxy) is 1. The summed E-state index contributed by atoms with van der Waals surface area (Å²) >= 11 is 6.00. The van der Waals surface area contributed by atoms with Crippen LogP contribution in [0, 0.1) is 5.82 Å². The van der Waals surface area contributed by atoms with E-state index in [1.54, 1.807) is 19.2 Å². The highest BCUT2D eigenvalue weighted by molar-refractivity contribution is 6.31. The third-order valence-corrected chi connectivity index (χ3v) is 3.39. The molecule has 0 saturated heterocycles. The topological polar surface area (TPSA) is 47.3 Å². The molecule has 0 bridgehead atoms. The van der Waals surface area contributed by atoms with Gasteiger partial charge < -0.3 is 4.74 Å². The molecule has 0 radical (unpaired) electrons. The molecule has 0 amide bonds. The molecule has 0 aliphatic carbocycles. The normalized spacial score (nSPS) is 13.7. The van der Waals surface area contributed by atoms with E-state index >= 15 is 0 Å². The molecule has 1 aromatic carbocycles. The largest absolute Gasteiger partial charge is 0.379 e. The molecule has 3 nitrogen and oxygen atoms in total. The van der Waals surface area contributed by atoms with Crippen LogP contribution in [0.4, 0.5) is 4.39 Å². The van der Waals surface area contributed by atoms with E-state index in [0.29, 0.717) is 23.4 Å². The second-order valence-corrected chi connectivity index (χ2v) is 5.34. The van der Waals surface area contributed by atoms with Crippen molar-refractivity contribution in [2.45, 2.75) is 38.3 Å². The van der Waals surface area contributed by atoms with E-state index in [9.17, 15) is 4.39 Å². The van der Waals surface area contributed by atoms with Gasteiger partial charge in [-0.1, -0.05) is 17.7 Å². The minimum Gasteiger partial charge on any atom is -0.379 e. The molecule has 0 heterocycles. The molecule has 0 saturated carbocycles. The first-order chi connectivity index (χ1) is 8.39. The summed E-state index contributed by atoms with van der Waals surface area (Å²) in [6.07, 6.45) is 1.08. The van der Waals surface area contributed by atoms with E-state index in [-0.39, 0.29) is 17.5 Å². The van der Waals surface area contributed by atoms with Crippen molar-refractivity contribution < 1.29 is 9.13 Å². The molecule has 102 valence electrons. The van der Waals surface area contributed by atoms with Gasteiger partial charge in [-0.05, 0) is 38.8 Å². The van der Waals surface area contributed by atoms with Crippen molar-refractivity contribution in [3.63, 3.8) is 0 Å². The SMILES string of the molecule is COC(C)(C)CC(Cc1c(F)cccc1Cl)NN. The van der Waals surface area contributed by atoms with Crippen molar-refractivity contribution in [1.29, 1.82) is 0 Å². The zero-order valence-electron chi connectivity index (χ0n) is 11.0. The van der Waals surface area contributed by atoms with Gasteiger partial charge in [-0.25, -0.2) is 4.39 Å². The van der Waals surface area contributed by atoms with Gasteiger partial charge in [0, 0.05) is 23.7 Å². The summed E-state index contributed by atoms with van der Waals surface area (Å²) in [6.45, 7) is 3.92. The lowest BCUT2D eigenvalue weighted by molar-refractivity contribution is 0.00704. The fraction of sp³-hybridized carbons (Fsp3) is 0.538. The van der Waals surface area contributed by atoms with Crippen LogP contribution in [-0.4, -0.2) is 18.8 Å². The number of rotatable bonds is 6. The van der Waals surface area contributed by atoms with E-state index in [0.717, 1.165) is 0 Å². The zero-order valence-corrected chi connectivity index (χ0v) is 11.7. The highest BCUT2D eigenvalue weighted by Crippen LogP contribution is 2.23. The molecule has 1 rings (SSSR count). The van der Waals surface area contributed by atoms with Gasteiger partial charge in [0.1, 0.15) is 5.82 Å². The number of nitrogens with two attached hydrogens (primary N) is 1. The lowest BCUT2D eigenvalue weighted by atomic mass is 9.94. The summed E-state index contributed by atoms with van der Waals surface area (Å²) in [5, 5.41) is 0.422. The van der Waals surface area contributed by atoms with Gasteiger partial charge in [0.2, 0.25) is 0 Å². The first kappa shape index (κ1) is 15.4. The van der Waals surface area contributed by atoms with Crippen molar-refractivity contribution in [2.75, 3.05) is 7.11 Å². The van der Waals surface area contributed by atoms with Crippen molar-refractivity contribution in [1.82, 2.24) is 5.43 Å². The standard InChI is InChI=1S/C13H20ClFN2O/c1-13(2,18-3)8-9(17-16)7-10-11(14)5-4-6-12(10)15/h4-6,9,17H,7-8,16H2,1-3H3. The lowest BCUT2D eigenvalue weighted by Crippen LogP contribution is -2.42. The Morgan fingerprint density at radius 2 is 2.17 bits per heavy atom. The molecule has 0 aliphatic heterocycles. The quantitative estimate of drug-likeness (QED) is 0.619. The number of methoxy groups -OCH3 is 1. The summed E-state index contributed by atoms with van der Waals surface area (Å²) in [4.78, 5) is 0. The molecular weight excluding hydrogens is 255 g/mol. The molecule has 0 fully saturated rings. The van der Waals surface area contributed by atoms with Gasteiger partial charge in [-0.2, -0.15) is 0 Å². The van der Waals surface area contributed by atoms with Gasteiger partial charge in [-0.15, -0.1) is 0 Å². The number of halogens is 2. The maximum atomic E-state index is 13.7. The Hall–Kier alpha value is -0.680. The molecule has 3 N–H and O–H groups in total. The number of hydrazine groups is 1. The van der Waals surface area contributed by atoms with Crippen LogP contribution in [-0.2, 0) is 11.2 Å². The Morgan fingerprint density at radius 1 is 1.50 bits per heavy atom. The third-order valence-electron chi connectivity index (χ3n) is 3.04. The second kappa shape index (κ2) is 6.48. The molecule has 1 unspecified atom stereocenters. The minimum atomic E-state index is -0.325. The average Bonchev–Trinajstić information content (AvgIpc) is 2.32. The highest BCUT2D eigenvalue weighted by atomic mass is 35.5. The molecular formula is C13H20ClFN2O. The summed E-state index contributed by atoms with van der Waals surface area (Å²) in [5.74, 6) is 5.20. The fourth-order valence-electron chi connectivity index (χ4n) is 1.84. The fourth-order valence-corrected chi connectivity index (χ4v) is 2.08. The lowest BCUT2D eigenvalue weighted by Gasteiger charge is -2.28. The molecule has 0 spiro atoms. The maximum Gasteiger partial charge on any atom is 0.127 e. The molecule has 0 aromatic heterocycles. The Kier molecular flexibility index (Phi) is 5.53. The molecule has 1 aromatic rings. The number of nitrogens with one attached hydrogen (secondary N) is 1. The van der Waals surface area contributed by atoms with Crippen LogP contribution >= 0.6 is 11.6 Å². The van der Waals surface area contributed by atoms with Gasteiger partial charge in [0.05, 0.1) is 5.60 Å². The zero-order chi connectivity index (χ0) is 13.8. The van der Waals surface area contributed by atoms with E-state index in [1.165, 1.54) is 6.07 Å². The van der Waals surface area contributed by atoms with Gasteiger partial charge >= 0.3 is 0 Å². The summed E-state index contributed by atoms with van der Waals surface area (Å²) in [5.41, 5.74) is 2.85.